The van der Waals surface area contributed by atoms with E-state index >= 15 is 0 Å². The van der Waals surface area contributed by atoms with Crippen molar-refractivity contribution in [2.24, 2.45) is 11.8 Å². The molecule has 1 fully saturated rings. The lowest BCUT2D eigenvalue weighted by Crippen LogP contribution is -2.55. The fourth-order valence-electron chi connectivity index (χ4n) is 5.28. The van der Waals surface area contributed by atoms with E-state index in [0.717, 1.165) is 36.1 Å². The third-order valence-electron chi connectivity index (χ3n) is 7.46. The predicted octanol–water partition coefficient (Wildman–Crippen LogP) is 1.51. The highest BCUT2D eigenvalue weighted by Gasteiger charge is 2.38. The number of rotatable bonds is 14. The molecule has 232 valence electrons. The summed E-state index contributed by atoms with van der Waals surface area (Å²) in [6.45, 7) is 0. The summed E-state index contributed by atoms with van der Waals surface area (Å²) >= 11 is 0. The standard InChI is InChI=1S/C28H37FN2O9S2/c1-40-21-11-8-19(23(16-21)28(34)35)15-26(32)24(14-18-6-4-3-5-7-18)30-27(33)25(31-41(2,36)37)17-42(38,39)22-12-9-20(29)10-13-22/h3-7,9-10,12-13,19,21,23-26,31-32H,8,11,14-17H2,1-2H3,(H,30,33)(H,34,35). The van der Waals surface area contributed by atoms with Crippen LogP contribution in [0.3, 0.4) is 0 Å². The SMILES string of the molecule is COC1CCC(CC(O)C(Cc2ccccc2)NC(=O)C(CS(=O)(=O)c2ccc(F)cc2)NS(C)(=O)=O)C(C(=O)O)C1. The number of methoxy groups -OCH3 is 1. The smallest absolute Gasteiger partial charge is 0.306 e. The Morgan fingerprint density at radius 2 is 1.69 bits per heavy atom. The van der Waals surface area contributed by atoms with E-state index in [-0.39, 0.29) is 30.3 Å². The molecule has 6 atom stereocenters. The van der Waals surface area contributed by atoms with E-state index in [4.69, 9.17) is 4.74 Å². The second-order valence-corrected chi connectivity index (χ2v) is 14.5. The van der Waals surface area contributed by atoms with Crippen molar-refractivity contribution < 1.29 is 45.8 Å². The molecule has 4 N–H and O–H groups in total. The summed E-state index contributed by atoms with van der Waals surface area (Å²) in [5.74, 6) is -4.83. The monoisotopic (exact) mass is 628 g/mol. The number of carbonyl (C=O) groups excluding carboxylic acids is 1. The van der Waals surface area contributed by atoms with Crippen molar-refractivity contribution in [3.63, 3.8) is 0 Å². The van der Waals surface area contributed by atoms with Crippen LogP contribution in [0.1, 0.15) is 31.2 Å². The van der Waals surface area contributed by atoms with Crippen LogP contribution in [0, 0.1) is 17.7 Å². The van der Waals surface area contributed by atoms with Crippen LogP contribution in [0.5, 0.6) is 0 Å². The maximum Gasteiger partial charge on any atom is 0.306 e. The molecule has 14 heteroatoms. The predicted molar refractivity (Wildman–Crippen MR) is 152 cm³/mol. The lowest BCUT2D eigenvalue weighted by atomic mass is 9.74. The van der Waals surface area contributed by atoms with E-state index in [2.05, 4.69) is 5.32 Å². The Bertz CT molecular complexity index is 1420. The second kappa shape index (κ2) is 14.5. The summed E-state index contributed by atoms with van der Waals surface area (Å²) in [6, 6.07) is 9.95. The van der Waals surface area contributed by atoms with Gasteiger partial charge < -0.3 is 20.3 Å². The Morgan fingerprint density at radius 3 is 2.26 bits per heavy atom. The molecule has 0 spiro atoms. The third kappa shape index (κ3) is 9.83. The fraction of sp³-hybridized carbons (Fsp3) is 0.500. The van der Waals surface area contributed by atoms with E-state index in [1.807, 2.05) is 4.72 Å². The minimum absolute atomic E-state index is 0.0310. The number of sulfone groups is 1. The number of benzene rings is 2. The molecule has 0 heterocycles. The van der Waals surface area contributed by atoms with Crippen molar-refractivity contribution in [2.45, 2.75) is 61.3 Å². The second-order valence-electron chi connectivity index (χ2n) is 10.7. The average molecular weight is 629 g/mol. The molecule has 0 aromatic heterocycles. The Kier molecular flexibility index (Phi) is 11.6. The number of carboxylic acids is 1. The first-order chi connectivity index (χ1) is 19.7. The normalized spacial score (nSPS) is 21.7. The number of carbonyl (C=O) groups is 2. The number of halogens is 1. The van der Waals surface area contributed by atoms with Gasteiger partial charge in [-0.15, -0.1) is 0 Å². The molecule has 11 nitrogen and oxygen atoms in total. The van der Waals surface area contributed by atoms with Gasteiger partial charge in [0.15, 0.2) is 9.84 Å². The maximum atomic E-state index is 13.5. The largest absolute Gasteiger partial charge is 0.481 e. The number of aliphatic hydroxyl groups is 1. The van der Waals surface area contributed by atoms with Crippen LogP contribution in [0.15, 0.2) is 59.5 Å². The summed E-state index contributed by atoms with van der Waals surface area (Å²) in [5, 5.41) is 23.7. The zero-order valence-electron chi connectivity index (χ0n) is 23.3. The summed E-state index contributed by atoms with van der Waals surface area (Å²) in [6.07, 6.45) is 0.815. The highest BCUT2D eigenvalue weighted by molar-refractivity contribution is 7.91. The number of amides is 1. The zero-order valence-corrected chi connectivity index (χ0v) is 25.0. The Balaban J connectivity index is 1.86. The van der Waals surface area contributed by atoms with E-state index in [9.17, 15) is 41.0 Å². The van der Waals surface area contributed by atoms with Crippen molar-refractivity contribution in [3.8, 4) is 0 Å². The van der Waals surface area contributed by atoms with E-state index in [1.54, 1.807) is 30.3 Å². The number of ether oxygens (including phenoxy) is 1. The summed E-state index contributed by atoms with van der Waals surface area (Å²) in [5.41, 5.74) is 0.728. The summed E-state index contributed by atoms with van der Waals surface area (Å²) in [4.78, 5) is 25.1. The molecule has 1 amide bonds. The molecule has 1 saturated carbocycles. The van der Waals surface area contributed by atoms with Crippen LogP contribution in [0.2, 0.25) is 0 Å². The van der Waals surface area contributed by atoms with Crippen molar-refractivity contribution in [1.29, 1.82) is 0 Å². The minimum Gasteiger partial charge on any atom is -0.481 e. The van der Waals surface area contributed by atoms with Crippen LogP contribution in [-0.2, 0) is 40.6 Å². The molecule has 2 aromatic carbocycles. The lowest BCUT2D eigenvalue weighted by Gasteiger charge is -2.36. The van der Waals surface area contributed by atoms with Gasteiger partial charge in [0.05, 0.1) is 41.1 Å². The van der Waals surface area contributed by atoms with Gasteiger partial charge in [-0.25, -0.2) is 25.9 Å². The maximum absolute atomic E-state index is 13.5. The first-order valence-electron chi connectivity index (χ1n) is 13.4. The lowest BCUT2D eigenvalue weighted by molar-refractivity contribution is -0.148. The van der Waals surface area contributed by atoms with Crippen LogP contribution in [-0.4, -0.2) is 82.3 Å². The van der Waals surface area contributed by atoms with E-state index in [1.165, 1.54) is 7.11 Å². The van der Waals surface area contributed by atoms with Crippen molar-refractivity contribution in [3.05, 3.63) is 66.0 Å². The zero-order chi connectivity index (χ0) is 31.1. The number of nitrogens with one attached hydrogen (secondary N) is 2. The van der Waals surface area contributed by atoms with Crippen molar-refractivity contribution in [1.82, 2.24) is 10.0 Å². The Hall–Kier alpha value is -2.91. The van der Waals surface area contributed by atoms with Gasteiger partial charge in [-0.2, -0.15) is 0 Å². The summed E-state index contributed by atoms with van der Waals surface area (Å²) in [7, 11) is -6.80. The van der Waals surface area contributed by atoms with Gasteiger partial charge in [-0.05, 0) is 67.9 Å². The van der Waals surface area contributed by atoms with Crippen LogP contribution < -0.4 is 10.0 Å². The van der Waals surface area contributed by atoms with Gasteiger partial charge in [-0.3, -0.25) is 9.59 Å². The summed E-state index contributed by atoms with van der Waals surface area (Å²) < 4.78 is 70.9. The molecule has 42 heavy (non-hydrogen) atoms. The van der Waals surface area contributed by atoms with Gasteiger partial charge in [0, 0.05) is 7.11 Å². The first kappa shape index (κ1) is 33.6. The van der Waals surface area contributed by atoms with E-state index in [0.29, 0.717) is 12.8 Å². The molecule has 0 saturated heterocycles. The van der Waals surface area contributed by atoms with Gasteiger partial charge in [-0.1, -0.05) is 30.3 Å². The first-order valence-corrected chi connectivity index (χ1v) is 17.0. The van der Waals surface area contributed by atoms with Crippen LogP contribution in [0.4, 0.5) is 4.39 Å². The molecule has 0 aliphatic heterocycles. The highest BCUT2D eigenvalue weighted by Crippen LogP contribution is 2.35. The topological polar surface area (TPSA) is 176 Å². The molecular weight excluding hydrogens is 591 g/mol. The molecule has 2 aromatic rings. The molecule has 6 unspecified atom stereocenters. The van der Waals surface area contributed by atoms with Gasteiger partial charge in [0.2, 0.25) is 15.9 Å². The molecule has 3 rings (SSSR count). The molecule has 1 aliphatic rings. The quantitative estimate of drug-likeness (QED) is 0.226. The minimum atomic E-state index is -4.25. The number of sulfonamides is 1. The van der Waals surface area contributed by atoms with Crippen molar-refractivity contribution in [2.75, 3.05) is 19.1 Å². The Morgan fingerprint density at radius 1 is 1.05 bits per heavy atom. The van der Waals surface area contributed by atoms with Gasteiger partial charge in [0.1, 0.15) is 11.9 Å². The third-order valence-corrected chi connectivity index (χ3v) is 9.94. The Labute approximate surface area is 245 Å². The van der Waals surface area contributed by atoms with E-state index < -0.39 is 73.3 Å². The average Bonchev–Trinajstić information content (AvgIpc) is 2.92. The number of hydrogen-bond acceptors (Lipinski definition) is 8. The van der Waals surface area contributed by atoms with Crippen LogP contribution >= 0.6 is 0 Å². The van der Waals surface area contributed by atoms with Crippen molar-refractivity contribution >= 4 is 31.7 Å². The number of aliphatic hydroxyl groups excluding tert-OH is 1. The van der Waals surface area contributed by atoms with Gasteiger partial charge in [0.25, 0.3) is 0 Å². The number of hydrogen-bond donors (Lipinski definition) is 4. The van der Waals surface area contributed by atoms with Gasteiger partial charge >= 0.3 is 5.97 Å². The molecule has 0 radical (unpaired) electrons. The molecular formula is C28H37FN2O9S2. The molecule has 0 bridgehead atoms. The number of carboxylic acid groups (broad SMARTS) is 1. The molecule has 1 aliphatic carbocycles. The highest BCUT2D eigenvalue weighted by atomic mass is 32.2. The number of aliphatic carboxylic acids is 1. The van der Waals surface area contributed by atoms with Crippen LogP contribution in [0.25, 0.3) is 0 Å². The fourth-order valence-corrected chi connectivity index (χ4v) is 7.51.